The third-order valence-corrected chi connectivity index (χ3v) is 5.38. The first-order chi connectivity index (χ1) is 10.4. The zero-order valence-electron chi connectivity index (χ0n) is 11.4. The van der Waals surface area contributed by atoms with Gasteiger partial charge in [-0.3, -0.25) is 4.79 Å². The Morgan fingerprint density at radius 2 is 1.23 bits per heavy atom. The Hall–Kier alpha value is -0.680. The first-order valence-corrected chi connectivity index (χ1v) is 8.24. The maximum atomic E-state index is 12.7. The monoisotopic (exact) mass is 382 g/mol. The largest absolute Gasteiger partial charge is 0.545 e. The van der Waals surface area contributed by atoms with Crippen LogP contribution in [0.1, 0.15) is 46.4 Å². The van der Waals surface area contributed by atoms with Crippen LogP contribution in [0, 0.1) is 0 Å². The van der Waals surface area contributed by atoms with Crippen LogP contribution < -0.4 is 5.11 Å². The molecule has 0 aromatic heterocycles. The van der Waals surface area contributed by atoms with Crippen LogP contribution in [0.2, 0.25) is 20.1 Å². The van der Waals surface area contributed by atoms with Crippen molar-refractivity contribution in [2.45, 2.75) is 25.7 Å². The molecule has 0 radical (unpaired) electrons. The molecule has 0 N–H and O–H groups in total. The maximum absolute atomic E-state index is 12.7. The predicted octanol–water partition coefficient (Wildman–Crippen LogP) is 3.68. The van der Waals surface area contributed by atoms with Crippen molar-refractivity contribution in [1.29, 1.82) is 0 Å². The summed E-state index contributed by atoms with van der Waals surface area (Å²) >= 11 is 23.8. The second-order valence-electron chi connectivity index (χ2n) is 5.00. The van der Waals surface area contributed by atoms with E-state index >= 15 is 0 Å². The Morgan fingerprint density at radius 3 is 1.68 bits per heavy atom. The van der Waals surface area contributed by atoms with E-state index in [0.717, 1.165) is 25.7 Å². The molecule has 1 aromatic carbocycles. The van der Waals surface area contributed by atoms with E-state index in [2.05, 4.69) is 0 Å². The molecule has 120 valence electrons. The Bertz CT molecular complexity index is 625. The third-order valence-electron chi connectivity index (χ3n) is 3.58. The average molecular weight is 384 g/mol. The molecule has 1 aliphatic rings. The van der Waals surface area contributed by atoms with Crippen molar-refractivity contribution in [1.82, 2.24) is 4.90 Å². The van der Waals surface area contributed by atoms with Gasteiger partial charge in [0.1, 0.15) is 0 Å². The smallest absolute Gasteiger partial charge is 0.256 e. The van der Waals surface area contributed by atoms with Gasteiger partial charge in [0.15, 0.2) is 0 Å². The van der Waals surface area contributed by atoms with Gasteiger partial charge in [0.25, 0.3) is 5.91 Å². The van der Waals surface area contributed by atoms with Crippen molar-refractivity contribution >= 4 is 58.3 Å². The molecule has 0 saturated carbocycles. The number of carboxylic acid groups (broad SMARTS) is 1. The van der Waals surface area contributed by atoms with Crippen molar-refractivity contribution in [3.8, 4) is 0 Å². The molecular weight excluding hydrogens is 372 g/mol. The van der Waals surface area contributed by atoms with Crippen LogP contribution in [-0.2, 0) is 0 Å². The highest BCUT2D eigenvalue weighted by Gasteiger charge is 2.28. The second kappa shape index (κ2) is 7.26. The van der Waals surface area contributed by atoms with Gasteiger partial charge < -0.3 is 14.8 Å². The van der Waals surface area contributed by atoms with Gasteiger partial charge in [-0.05, 0) is 12.8 Å². The molecule has 1 amide bonds. The lowest BCUT2D eigenvalue weighted by Gasteiger charge is -2.24. The standard InChI is InChI=1S/C14H13Cl4NO3/c15-9-7(13(20)19-5-3-1-2-4-6-19)8(14(21)22)10(16)12(18)11(9)17/h1-6H2,(H,21,22)/p-1. The summed E-state index contributed by atoms with van der Waals surface area (Å²) in [5.41, 5.74) is -0.779. The van der Waals surface area contributed by atoms with E-state index in [1.165, 1.54) is 0 Å². The highest BCUT2D eigenvalue weighted by Crippen LogP contribution is 2.41. The number of rotatable bonds is 2. The molecule has 1 saturated heterocycles. The first-order valence-electron chi connectivity index (χ1n) is 6.72. The Balaban J connectivity index is 2.57. The van der Waals surface area contributed by atoms with Crippen molar-refractivity contribution in [3.05, 3.63) is 31.2 Å². The van der Waals surface area contributed by atoms with Crippen LogP contribution >= 0.6 is 46.4 Å². The van der Waals surface area contributed by atoms with E-state index in [0.29, 0.717) is 13.1 Å². The van der Waals surface area contributed by atoms with E-state index in [1.54, 1.807) is 4.90 Å². The minimum absolute atomic E-state index is 0.142. The average Bonchev–Trinajstić information content (AvgIpc) is 2.76. The summed E-state index contributed by atoms with van der Waals surface area (Å²) < 4.78 is 0. The lowest BCUT2D eigenvalue weighted by Crippen LogP contribution is -2.35. The molecule has 1 heterocycles. The molecule has 1 aromatic rings. The quantitative estimate of drug-likeness (QED) is 0.578. The number of carbonyl (C=O) groups excluding carboxylic acids is 2. The first kappa shape index (κ1) is 17.7. The van der Waals surface area contributed by atoms with E-state index in [4.69, 9.17) is 46.4 Å². The van der Waals surface area contributed by atoms with Gasteiger partial charge >= 0.3 is 0 Å². The zero-order chi connectivity index (χ0) is 16.4. The summed E-state index contributed by atoms with van der Waals surface area (Å²) in [5.74, 6) is -2.14. The molecule has 1 aliphatic heterocycles. The number of carboxylic acids is 1. The molecule has 22 heavy (non-hydrogen) atoms. The minimum atomic E-state index is -1.62. The Morgan fingerprint density at radius 1 is 0.773 bits per heavy atom. The molecular formula is C14H12Cl4NO3-. The number of hydrogen-bond acceptors (Lipinski definition) is 3. The van der Waals surface area contributed by atoms with Gasteiger partial charge in [-0.25, -0.2) is 0 Å². The number of likely N-dealkylation sites (tertiary alicyclic amines) is 1. The fourth-order valence-electron chi connectivity index (χ4n) is 2.46. The molecule has 0 bridgehead atoms. The molecule has 0 aliphatic carbocycles. The Labute approximate surface area is 147 Å². The fraction of sp³-hybridized carbons (Fsp3) is 0.429. The van der Waals surface area contributed by atoms with Crippen molar-refractivity contribution < 1.29 is 14.7 Å². The van der Waals surface area contributed by atoms with Crippen LogP contribution in [0.5, 0.6) is 0 Å². The highest BCUT2D eigenvalue weighted by molar-refractivity contribution is 6.54. The van der Waals surface area contributed by atoms with E-state index < -0.39 is 17.4 Å². The molecule has 0 atom stereocenters. The summed E-state index contributed by atoms with van der Waals surface area (Å²) in [4.78, 5) is 25.6. The summed E-state index contributed by atoms with van der Waals surface area (Å²) in [6.45, 7) is 1.05. The molecule has 0 spiro atoms. The van der Waals surface area contributed by atoms with Gasteiger partial charge in [0.2, 0.25) is 0 Å². The molecule has 0 unspecified atom stereocenters. The predicted molar refractivity (Wildman–Crippen MR) is 85.2 cm³/mol. The van der Waals surface area contributed by atoms with Crippen molar-refractivity contribution in [2.75, 3.05) is 13.1 Å². The normalized spacial score (nSPS) is 15.5. The van der Waals surface area contributed by atoms with E-state index in [9.17, 15) is 14.7 Å². The van der Waals surface area contributed by atoms with Gasteiger partial charge in [-0.15, -0.1) is 0 Å². The number of aromatic carboxylic acids is 1. The minimum Gasteiger partial charge on any atom is -0.545 e. The van der Waals surface area contributed by atoms with Crippen LogP contribution in [0.25, 0.3) is 0 Å². The SMILES string of the molecule is O=C([O-])c1c(Cl)c(Cl)c(Cl)c(Cl)c1C(=O)N1CCCCCC1. The zero-order valence-corrected chi connectivity index (χ0v) is 14.5. The summed E-state index contributed by atoms with van der Waals surface area (Å²) in [5, 5.41) is 10.5. The third kappa shape index (κ3) is 3.30. The van der Waals surface area contributed by atoms with Crippen LogP contribution in [0.15, 0.2) is 0 Å². The molecule has 1 fully saturated rings. The summed E-state index contributed by atoms with van der Waals surface area (Å²) in [6.07, 6.45) is 3.73. The van der Waals surface area contributed by atoms with Crippen molar-refractivity contribution in [3.63, 3.8) is 0 Å². The number of nitrogens with zero attached hydrogens (tertiary/aromatic N) is 1. The molecule has 2 rings (SSSR count). The fourth-order valence-corrected chi connectivity index (χ4v) is 3.47. The van der Waals surface area contributed by atoms with E-state index in [1.807, 2.05) is 0 Å². The van der Waals surface area contributed by atoms with E-state index in [-0.39, 0.29) is 25.7 Å². The number of amides is 1. The number of benzene rings is 1. The number of halogens is 4. The van der Waals surface area contributed by atoms with Gasteiger partial charge in [-0.2, -0.15) is 0 Å². The van der Waals surface area contributed by atoms with Crippen LogP contribution in [-0.4, -0.2) is 29.9 Å². The Kier molecular flexibility index (Phi) is 5.83. The topological polar surface area (TPSA) is 60.4 Å². The summed E-state index contributed by atoms with van der Waals surface area (Å²) in [7, 11) is 0. The molecule has 8 heteroatoms. The molecule has 4 nitrogen and oxygen atoms in total. The van der Waals surface area contributed by atoms with Gasteiger partial charge in [0, 0.05) is 18.7 Å². The van der Waals surface area contributed by atoms with Crippen LogP contribution in [0.3, 0.4) is 0 Å². The van der Waals surface area contributed by atoms with Crippen LogP contribution in [0.4, 0.5) is 0 Å². The van der Waals surface area contributed by atoms with Gasteiger partial charge in [-0.1, -0.05) is 59.2 Å². The van der Waals surface area contributed by atoms with Crippen molar-refractivity contribution in [2.24, 2.45) is 0 Å². The lowest BCUT2D eigenvalue weighted by atomic mass is 10.1. The highest BCUT2D eigenvalue weighted by atomic mass is 35.5. The maximum Gasteiger partial charge on any atom is 0.256 e. The second-order valence-corrected chi connectivity index (χ2v) is 6.51. The summed E-state index contributed by atoms with van der Waals surface area (Å²) in [6, 6.07) is 0. The van der Waals surface area contributed by atoms with Gasteiger partial charge in [0.05, 0.1) is 31.6 Å². The number of carbonyl (C=O) groups is 2. The lowest BCUT2D eigenvalue weighted by molar-refractivity contribution is -0.255. The number of hydrogen-bond donors (Lipinski definition) is 0.